The van der Waals surface area contributed by atoms with Crippen molar-refractivity contribution in [1.82, 2.24) is 20.3 Å². The summed E-state index contributed by atoms with van der Waals surface area (Å²) in [6.07, 6.45) is -1.60. The molecule has 0 radical (unpaired) electrons. The predicted octanol–water partition coefficient (Wildman–Crippen LogP) is 3.52. The Bertz CT molecular complexity index is 896. The second kappa shape index (κ2) is 8.14. The highest BCUT2D eigenvalue weighted by atomic mass is 19.4. The van der Waals surface area contributed by atoms with Crippen LogP contribution in [0.1, 0.15) is 55.5 Å². The molecule has 2 aromatic rings. The fourth-order valence-corrected chi connectivity index (χ4v) is 4.52. The van der Waals surface area contributed by atoms with Crippen LogP contribution in [0, 0.1) is 0 Å². The van der Waals surface area contributed by atoms with Crippen LogP contribution in [0.2, 0.25) is 0 Å². The topological polar surface area (TPSA) is 72.2 Å². The van der Waals surface area contributed by atoms with E-state index >= 15 is 0 Å². The summed E-state index contributed by atoms with van der Waals surface area (Å²) in [5.74, 6) is 0. The lowest BCUT2D eigenvalue weighted by Crippen LogP contribution is -2.47. The summed E-state index contributed by atoms with van der Waals surface area (Å²) in [6.45, 7) is 2.72. The van der Waals surface area contributed by atoms with Gasteiger partial charge in [0.1, 0.15) is 5.67 Å². The maximum absolute atomic E-state index is 14.9. The number of hydrogen-bond acceptors (Lipinski definition) is 5. The first-order valence-corrected chi connectivity index (χ1v) is 10.4. The number of aliphatic hydroxyl groups is 1. The lowest BCUT2D eigenvalue weighted by Gasteiger charge is -2.40. The van der Waals surface area contributed by atoms with Gasteiger partial charge in [0.2, 0.25) is 0 Å². The first kappa shape index (κ1) is 22.2. The van der Waals surface area contributed by atoms with Gasteiger partial charge in [-0.25, -0.2) is 9.07 Å². The zero-order valence-corrected chi connectivity index (χ0v) is 17.2. The fourth-order valence-electron chi connectivity index (χ4n) is 4.52. The van der Waals surface area contributed by atoms with E-state index in [1.54, 1.807) is 6.20 Å². The van der Waals surface area contributed by atoms with Crippen molar-refractivity contribution in [1.29, 1.82) is 0 Å². The van der Waals surface area contributed by atoms with Crippen molar-refractivity contribution in [2.24, 2.45) is 0 Å². The summed E-state index contributed by atoms with van der Waals surface area (Å²) < 4.78 is 60.2. The molecule has 1 aromatic heterocycles. The third kappa shape index (κ3) is 4.91. The summed E-state index contributed by atoms with van der Waals surface area (Å²) >= 11 is 0. The molecule has 2 fully saturated rings. The van der Waals surface area contributed by atoms with E-state index in [0.717, 1.165) is 12.1 Å². The largest absolute Gasteiger partial charge is 0.416 e. The van der Waals surface area contributed by atoms with Crippen LogP contribution in [0.15, 0.2) is 30.5 Å². The Balaban J connectivity index is 1.50. The molecule has 170 valence electrons. The molecule has 0 spiro atoms. The zero-order chi connectivity index (χ0) is 22.3. The van der Waals surface area contributed by atoms with Gasteiger partial charge in [0, 0.05) is 38.5 Å². The number of ether oxygens (including phenoxy) is 1. The quantitative estimate of drug-likeness (QED) is 0.709. The Labute approximate surface area is 177 Å². The van der Waals surface area contributed by atoms with Crippen LogP contribution in [0.3, 0.4) is 0 Å². The molecule has 1 aromatic carbocycles. The van der Waals surface area contributed by atoms with Gasteiger partial charge < -0.3 is 15.2 Å². The summed E-state index contributed by atoms with van der Waals surface area (Å²) in [7, 11) is 0. The Kier molecular flexibility index (Phi) is 5.82. The van der Waals surface area contributed by atoms with Crippen molar-refractivity contribution in [2.45, 2.75) is 68.7 Å². The third-order valence-corrected chi connectivity index (χ3v) is 6.17. The lowest BCUT2D eigenvalue weighted by molar-refractivity contribution is -0.137. The van der Waals surface area contributed by atoms with Crippen molar-refractivity contribution in [3.8, 4) is 0 Å². The molecule has 2 N–H and O–H groups in total. The molecule has 3 atom stereocenters. The first-order chi connectivity index (χ1) is 14.6. The Morgan fingerprint density at radius 1 is 1.19 bits per heavy atom. The van der Waals surface area contributed by atoms with E-state index in [1.165, 1.54) is 16.8 Å². The van der Waals surface area contributed by atoms with Gasteiger partial charge in [0.25, 0.3) is 0 Å². The fraction of sp³-hybridized carbons (Fsp3) is 0.619. The van der Waals surface area contributed by atoms with E-state index in [0.29, 0.717) is 43.7 Å². The van der Waals surface area contributed by atoms with E-state index in [9.17, 15) is 22.7 Å². The average molecular weight is 442 g/mol. The molecule has 2 aliphatic heterocycles. The van der Waals surface area contributed by atoms with Crippen molar-refractivity contribution in [2.75, 3.05) is 13.2 Å². The maximum Gasteiger partial charge on any atom is 0.416 e. The maximum atomic E-state index is 14.9. The van der Waals surface area contributed by atoms with Crippen LogP contribution in [0.4, 0.5) is 17.6 Å². The molecule has 2 saturated heterocycles. The van der Waals surface area contributed by atoms with Gasteiger partial charge in [0.15, 0.2) is 0 Å². The van der Waals surface area contributed by atoms with E-state index in [-0.39, 0.29) is 25.0 Å². The van der Waals surface area contributed by atoms with Gasteiger partial charge in [-0.05, 0) is 31.0 Å². The number of benzene rings is 1. The highest BCUT2D eigenvalue weighted by Crippen LogP contribution is 2.40. The van der Waals surface area contributed by atoms with Gasteiger partial charge in [0.05, 0.1) is 35.6 Å². The van der Waals surface area contributed by atoms with E-state index in [1.807, 2.05) is 6.92 Å². The summed E-state index contributed by atoms with van der Waals surface area (Å²) in [5.41, 5.74) is -2.47. The molecule has 6 nitrogen and oxygen atoms in total. The Morgan fingerprint density at radius 3 is 2.52 bits per heavy atom. The van der Waals surface area contributed by atoms with Crippen LogP contribution >= 0.6 is 0 Å². The number of nitrogens with zero attached hydrogens (tertiary/aromatic N) is 3. The summed E-state index contributed by atoms with van der Waals surface area (Å²) in [4.78, 5) is 0. The summed E-state index contributed by atoms with van der Waals surface area (Å²) in [5, 5.41) is 22.9. The van der Waals surface area contributed by atoms with Gasteiger partial charge >= 0.3 is 6.18 Å². The SMILES string of the molecule is C[C@H]1CC(O)(c2ccc(C(F)(F)F)cc2)C[C@@H](c2cn(CC3(F)CCOCC3)nn2)N1. The molecule has 3 heterocycles. The second-order valence-electron chi connectivity index (χ2n) is 8.74. The van der Waals surface area contributed by atoms with Crippen molar-refractivity contribution in [3.05, 3.63) is 47.3 Å². The number of aromatic nitrogens is 3. The highest BCUT2D eigenvalue weighted by Gasteiger charge is 2.41. The van der Waals surface area contributed by atoms with Crippen LogP contribution in [0.5, 0.6) is 0 Å². The molecule has 0 aliphatic carbocycles. The average Bonchev–Trinajstić information content (AvgIpc) is 3.15. The van der Waals surface area contributed by atoms with Crippen molar-refractivity contribution >= 4 is 0 Å². The molecule has 31 heavy (non-hydrogen) atoms. The molecule has 0 amide bonds. The highest BCUT2D eigenvalue weighted by molar-refractivity contribution is 5.30. The third-order valence-electron chi connectivity index (χ3n) is 6.17. The smallest absolute Gasteiger partial charge is 0.385 e. The zero-order valence-electron chi connectivity index (χ0n) is 17.2. The summed E-state index contributed by atoms with van der Waals surface area (Å²) in [6, 6.07) is 4.15. The second-order valence-corrected chi connectivity index (χ2v) is 8.74. The van der Waals surface area contributed by atoms with E-state index in [2.05, 4.69) is 15.6 Å². The molecule has 2 aliphatic rings. The van der Waals surface area contributed by atoms with E-state index < -0.39 is 23.0 Å². The normalized spacial score (nSPS) is 29.1. The van der Waals surface area contributed by atoms with Crippen molar-refractivity contribution in [3.63, 3.8) is 0 Å². The van der Waals surface area contributed by atoms with Gasteiger partial charge in [-0.3, -0.25) is 0 Å². The molecule has 0 bridgehead atoms. The number of piperidine rings is 1. The van der Waals surface area contributed by atoms with Crippen LogP contribution < -0.4 is 5.32 Å². The van der Waals surface area contributed by atoms with Crippen LogP contribution in [-0.4, -0.2) is 45.0 Å². The van der Waals surface area contributed by atoms with E-state index in [4.69, 9.17) is 4.74 Å². The Hall–Kier alpha value is -2.04. The predicted molar refractivity (Wildman–Crippen MR) is 104 cm³/mol. The van der Waals surface area contributed by atoms with Gasteiger partial charge in [-0.1, -0.05) is 17.3 Å². The molecule has 0 saturated carbocycles. The van der Waals surface area contributed by atoms with Crippen LogP contribution in [0.25, 0.3) is 0 Å². The number of nitrogens with one attached hydrogen (secondary N) is 1. The number of rotatable bonds is 4. The monoisotopic (exact) mass is 442 g/mol. The molecule has 4 rings (SSSR count). The molecular formula is C21H26F4N4O2. The van der Waals surface area contributed by atoms with Gasteiger partial charge in [-0.15, -0.1) is 5.10 Å². The molecule has 1 unspecified atom stereocenters. The Morgan fingerprint density at radius 2 is 1.87 bits per heavy atom. The standard InChI is InChI=1S/C21H26F4N4O2/c1-14-10-20(30,15-2-4-16(5-3-15)21(23,24)25)11-17(26-14)18-12-29(28-27-18)13-19(22)6-8-31-9-7-19/h2-5,12,14,17,26,30H,6-11,13H2,1H3/t14-,17-,20?/m0/s1. The number of hydrogen-bond donors (Lipinski definition) is 2. The molecule has 10 heteroatoms. The minimum absolute atomic E-state index is 0.0782. The van der Waals surface area contributed by atoms with Gasteiger partial charge in [-0.2, -0.15) is 13.2 Å². The number of halogens is 4. The minimum atomic E-state index is -4.43. The van der Waals surface area contributed by atoms with Crippen LogP contribution in [-0.2, 0) is 23.1 Å². The number of alkyl halides is 4. The lowest BCUT2D eigenvalue weighted by atomic mass is 9.78. The first-order valence-electron chi connectivity index (χ1n) is 10.4. The minimum Gasteiger partial charge on any atom is -0.385 e. The van der Waals surface area contributed by atoms with Crippen molar-refractivity contribution < 1.29 is 27.4 Å². The molecular weight excluding hydrogens is 416 g/mol.